The molecular formula is C14H48B30O. The first-order valence-electron chi connectivity index (χ1n) is 19.2. The van der Waals surface area contributed by atoms with E-state index in [-0.39, 0.29) is 11.8 Å². The molecule has 45 heavy (non-hydrogen) atoms. The van der Waals surface area contributed by atoms with E-state index >= 15 is 0 Å². The molecule has 0 aliphatic heterocycles. The van der Waals surface area contributed by atoms with E-state index in [1.807, 2.05) is 0 Å². The Bertz CT molecular complexity index is 940. The van der Waals surface area contributed by atoms with Gasteiger partial charge in [0, 0.05) is 77.6 Å². The Morgan fingerprint density at radius 3 is 1.29 bits per heavy atom. The third-order valence-electron chi connectivity index (χ3n) is 10.8. The zero-order valence-electron chi connectivity index (χ0n) is 33.1. The average Bonchev–Trinajstić information content (AvgIpc) is 2.95. The van der Waals surface area contributed by atoms with Gasteiger partial charge in [-0.1, -0.05) is 19.7 Å². The van der Waals surface area contributed by atoms with Gasteiger partial charge < -0.3 is 5.11 Å². The summed E-state index contributed by atoms with van der Waals surface area (Å²) in [6, 6.07) is 0. The van der Waals surface area contributed by atoms with Crippen LogP contribution in [-0.2, 0) is 0 Å². The van der Waals surface area contributed by atoms with Crippen LogP contribution >= 0.6 is 0 Å². The smallest absolute Gasteiger partial charge is 0.180 e. The van der Waals surface area contributed by atoms with Crippen molar-refractivity contribution in [2.45, 2.75) is 38.6 Å². The Labute approximate surface area is 303 Å². The van der Waals surface area contributed by atoms with Crippen LogP contribution in [0.2, 0.25) is 6.32 Å². The van der Waals surface area contributed by atoms with Crippen molar-refractivity contribution < 1.29 is 5.11 Å². The first-order chi connectivity index (χ1) is 21.1. The summed E-state index contributed by atoms with van der Waals surface area (Å²) in [7, 11) is 38.0. The minimum atomic E-state index is -0.428. The minimum Gasteiger partial charge on any atom is -0.393 e. The third-order valence-corrected chi connectivity index (χ3v) is 10.8. The van der Waals surface area contributed by atoms with Gasteiger partial charge in [0.15, 0.2) is 6.60 Å². The summed E-state index contributed by atoms with van der Waals surface area (Å²) in [5, 5.41) is 12.1. The summed E-state index contributed by atoms with van der Waals surface area (Å²) in [5.74, 6) is 22.3. The summed E-state index contributed by atoms with van der Waals surface area (Å²) in [5.41, 5.74) is 0. The maximum Gasteiger partial charge on any atom is 0.180 e. The van der Waals surface area contributed by atoms with E-state index in [0.717, 1.165) is 33.9 Å². The summed E-state index contributed by atoms with van der Waals surface area (Å²) >= 11 is 0. The normalized spacial score (nSPS) is 10.7. The van der Waals surface area contributed by atoms with E-state index in [0.29, 0.717) is 90.0 Å². The van der Waals surface area contributed by atoms with E-state index in [2.05, 4.69) is 158 Å². The third kappa shape index (κ3) is 16.7. The molecule has 0 aromatic heterocycles. The van der Waals surface area contributed by atoms with Crippen LogP contribution in [-0.4, -0.2) is 226 Å². The van der Waals surface area contributed by atoms with Crippen LogP contribution in [0.15, 0.2) is 0 Å². The van der Waals surface area contributed by atoms with Crippen LogP contribution in [0.25, 0.3) is 0 Å². The number of hydrogen-bond donors (Lipinski definition) is 1. The van der Waals surface area contributed by atoms with Gasteiger partial charge in [0.1, 0.15) is 19.5 Å². The number of hydrogen-bond acceptors (Lipinski definition) is 1. The van der Waals surface area contributed by atoms with Gasteiger partial charge in [0.2, 0.25) is 0 Å². The molecule has 1 nitrogen and oxygen atoms in total. The van der Waals surface area contributed by atoms with Crippen molar-refractivity contribution in [3.8, 4) is 35.1 Å². The van der Waals surface area contributed by atoms with Gasteiger partial charge in [0.05, 0.1) is 136 Å². The quantitative estimate of drug-likeness (QED) is 0.131. The number of aliphatic hydroxyl groups excluding tert-OH is 1. The lowest BCUT2D eigenvalue weighted by molar-refractivity contribution is 0.0595. The van der Waals surface area contributed by atoms with Crippen molar-refractivity contribution in [3.63, 3.8) is 0 Å². The minimum absolute atomic E-state index is 0.0497. The summed E-state index contributed by atoms with van der Waals surface area (Å²) in [4.78, 5) is 0. The van der Waals surface area contributed by atoms with Crippen molar-refractivity contribution in [2.75, 3.05) is 0 Å². The SMILES string of the molecule is BBB(C#CB(CC(CC)C(O)C(CC#CB(B(B)B)B(BB)B(B)B)CC#CB(B(B)B)B(BB)B(B)B)B(B)B)B(B)B. The molecule has 0 aliphatic carbocycles. The van der Waals surface area contributed by atoms with Crippen LogP contribution in [0.4, 0.5) is 0 Å². The van der Waals surface area contributed by atoms with Crippen molar-refractivity contribution in [1.82, 2.24) is 0 Å². The summed E-state index contributed by atoms with van der Waals surface area (Å²) < 4.78 is 0. The van der Waals surface area contributed by atoms with Gasteiger partial charge >= 0.3 is 0 Å². The average molecular weight is 557 g/mol. The van der Waals surface area contributed by atoms with E-state index < -0.39 is 6.10 Å². The van der Waals surface area contributed by atoms with Crippen molar-refractivity contribution in [1.29, 1.82) is 0 Å². The van der Waals surface area contributed by atoms with Gasteiger partial charge in [-0.2, -0.15) is 23.3 Å². The van der Waals surface area contributed by atoms with Gasteiger partial charge in [0.25, 0.3) is 0 Å². The van der Waals surface area contributed by atoms with Gasteiger partial charge in [-0.25, -0.2) is 0 Å². The van der Waals surface area contributed by atoms with Crippen LogP contribution in [0.3, 0.4) is 0 Å². The zero-order valence-corrected chi connectivity index (χ0v) is 33.1. The predicted molar refractivity (Wildman–Crippen MR) is 279 cm³/mol. The Morgan fingerprint density at radius 2 is 1.00 bits per heavy atom. The topological polar surface area (TPSA) is 20.2 Å². The number of aliphatic hydroxyl groups is 1. The molecule has 200 valence electrons. The Hall–Kier alpha value is 0.588. The molecule has 0 saturated carbocycles. The van der Waals surface area contributed by atoms with E-state index in [9.17, 15) is 5.11 Å². The molecule has 0 aromatic rings. The molecule has 0 rings (SSSR count). The molecule has 0 heterocycles. The molecular weight excluding hydrogens is 509 g/mol. The van der Waals surface area contributed by atoms with Crippen LogP contribution in [0.5, 0.6) is 0 Å². The highest BCUT2D eigenvalue weighted by atomic mass is 16.3. The molecule has 2 atom stereocenters. The Morgan fingerprint density at radius 1 is 0.556 bits per heavy atom. The van der Waals surface area contributed by atoms with Crippen molar-refractivity contribution >= 4 is 214 Å². The van der Waals surface area contributed by atoms with Crippen LogP contribution < -0.4 is 0 Å². The monoisotopic (exact) mass is 563 g/mol. The van der Waals surface area contributed by atoms with Gasteiger partial charge in [-0.3, -0.25) is 0 Å². The lowest BCUT2D eigenvalue weighted by Gasteiger charge is -2.29. The molecule has 0 amide bonds. The standard InChI is InChI=1S/C14H48B30O/c1-2-12(11-33(37(18)19)9-10-34(30-15)38(20)21)14(45)13(5-3-7-35(39(22)23)43(31-16)41(26)27)6-4-8-36(40(24)25)44(32-17)42(28)29/h12-14,30-32,45H,2,5-6,11,15-29H2,1H3. The van der Waals surface area contributed by atoms with Crippen molar-refractivity contribution in [2.24, 2.45) is 11.8 Å². The van der Waals surface area contributed by atoms with Crippen LogP contribution in [0.1, 0.15) is 26.2 Å². The molecule has 0 aliphatic rings. The Kier molecular flexibility index (Phi) is 25.0. The second kappa shape index (κ2) is 24.7. The summed E-state index contributed by atoms with van der Waals surface area (Å²) in [6.07, 6.45) is 7.38. The molecule has 0 saturated heterocycles. The molecule has 1 N–H and O–H groups in total. The molecule has 0 spiro atoms. The Balaban J connectivity index is 6.50. The second-order valence-electron chi connectivity index (χ2n) is 16.3. The highest BCUT2D eigenvalue weighted by molar-refractivity contribution is 7.97. The van der Waals surface area contributed by atoms with Gasteiger partial charge in [-0.15, -0.1) is 11.8 Å². The predicted octanol–water partition coefficient (Wildman–Crippen LogP) is -18.5. The summed E-state index contributed by atoms with van der Waals surface area (Å²) in [6.45, 7) is 3.74. The van der Waals surface area contributed by atoms with E-state index in [4.69, 9.17) is 0 Å². The fraction of sp³-hybridized carbons (Fsp3) is 0.571. The first kappa shape index (κ1) is 45.6. The lowest BCUT2D eigenvalue weighted by Crippen LogP contribution is -2.61. The highest BCUT2D eigenvalue weighted by Gasteiger charge is 2.34. The molecule has 0 aromatic carbocycles. The van der Waals surface area contributed by atoms with Crippen LogP contribution in [0, 0.1) is 47.0 Å². The molecule has 31 heteroatoms. The second-order valence-corrected chi connectivity index (χ2v) is 16.3. The lowest BCUT2D eigenvalue weighted by atomic mass is 8.60. The molecule has 2 unspecified atom stereocenters. The maximum atomic E-state index is 12.1. The van der Waals surface area contributed by atoms with E-state index in [1.165, 1.54) is 0 Å². The molecule has 0 radical (unpaired) electrons. The highest BCUT2D eigenvalue weighted by Crippen LogP contribution is 2.26. The molecule has 0 fully saturated rings. The number of rotatable bonds is 18. The fourth-order valence-electron chi connectivity index (χ4n) is 7.46. The largest absolute Gasteiger partial charge is 0.393 e. The van der Waals surface area contributed by atoms with E-state index in [1.54, 1.807) is 0 Å². The zero-order chi connectivity index (χ0) is 34.9. The van der Waals surface area contributed by atoms with Gasteiger partial charge in [-0.05, 0) is 5.92 Å². The van der Waals surface area contributed by atoms with Crippen molar-refractivity contribution in [3.05, 3.63) is 0 Å². The first-order valence-corrected chi connectivity index (χ1v) is 19.2. The fourth-order valence-corrected chi connectivity index (χ4v) is 7.46. The molecule has 0 bridgehead atoms. The maximum absolute atomic E-state index is 12.1.